The lowest BCUT2D eigenvalue weighted by molar-refractivity contribution is -0.115. The number of carbonyl (C=O) groups is 2. The molecule has 3 amide bonds. The minimum absolute atomic E-state index is 0.120. The predicted octanol–water partition coefficient (Wildman–Crippen LogP) is 4.40. The first-order chi connectivity index (χ1) is 13.0. The molecule has 1 aromatic heterocycles. The van der Waals surface area contributed by atoms with Crippen LogP contribution in [0.4, 0.5) is 15.6 Å². The molecule has 0 radical (unpaired) electrons. The Labute approximate surface area is 163 Å². The van der Waals surface area contributed by atoms with Crippen LogP contribution in [0.5, 0.6) is 0 Å². The standard InChI is InChI=1S/C20H26N4O2S/c1-13-8-9-17(14(2)10-13)23-18(25)11-16-12-27-20(22-16)24-19(26)21-15-6-4-3-5-7-15/h8-10,12,15H,3-7,11H2,1-2H3,(H,23,25)(H2,21,22,24,26). The Morgan fingerprint density at radius 1 is 1.15 bits per heavy atom. The van der Waals surface area contributed by atoms with Gasteiger partial charge in [-0.1, -0.05) is 37.0 Å². The third-order valence-electron chi connectivity index (χ3n) is 4.71. The second-order valence-corrected chi connectivity index (χ2v) is 7.98. The molecule has 1 aliphatic rings. The molecule has 0 spiro atoms. The molecule has 0 aliphatic heterocycles. The van der Waals surface area contributed by atoms with Crippen LogP contribution in [0.15, 0.2) is 23.6 Å². The first-order valence-electron chi connectivity index (χ1n) is 9.38. The van der Waals surface area contributed by atoms with Gasteiger partial charge in [-0.2, -0.15) is 0 Å². The fourth-order valence-corrected chi connectivity index (χ4v) is 4.03. The highest BCUT2D eigenvalue weighted by molar-refractivity contribution is 7.13. The Bertz CT molecular complexity index is 812. The third-order valence-corrected chi connectivity index (χ3v) is 5.52. The van der Waals surface area contributed by atoms with E-state index in [1.165, 1.54) is 30.6 Å². The summed E-state index contributed by atoms with van der Waals surface area (Å²) in [6.45, 7) is 3.99. The summed E-state index contributed by atoms with van der Waals surface area (Å²) in [5.74, 6) is -0.120. The summed E-state index contributed by atoms with van der Waals surface area (Å²) >= 11 is 1.33. The van der Waals surface area contributed by atoms with Gasteiger partial charge in [0, 0.05) is 17.1 Å². The molecule has 1 fully saturated rings. The van der Waals surface area contributed by atoms with Crippen molar-refractivity contribution in [1.29, 1.82) is 0 Å². The maximum atomic E-state index is 12.3. The van der Waals surface area contributed by atoms with Gasteiger partial charge in [0.15, 0.2) is 5.13 Å². The van der Waals surface area contributed by atoms with E-state index in [0.29, 0.717) is 10.8 Å². The zero-order valence-electron chi connectivity index (χ0n) is 15.8. The van der Waals surface area contributed by atoms with Crippen molar-refractivity contribution in [1.82, 2.24) is 10.3 Å². The minimum Gasteiger partial charge on any atom is -0.335 e. The van der Waals surface area contributed by atoms with E-state index in [-0.39, 0.29) is 24.4 Å². The van der Waals surface area contributed by atoms with Gasteiger partial charge in [-0.3, -0.25) is 10.1 Å². The molecule has 1 saturated carbocycles. The molecule has 0 saturated heterocycles. The number of anilines is 2. The molecule has 27 heavy (non-hydrogen) atoms. The molecule has 1 aromatic carbocycles. The molecule has 7 heteroatoms. The van der Waals surface area contributed by atoms with Gasteiger partial charge in [-0.25, -0.2) is 9.78 Å². The Kier molecular flexibility index (Phi) is 6.45. The van der Waals surface area contributed by atoms with Crippen LogP contribution in [-0.4, -0.2) is 23.0 Å². The van der Waals surface area contributed by atoms with Crippen LogP contribution >= 0.6 is 11.3 Å². The number of hydrogen-bond donors (Lipinski definition) is 3. The topological polar surface area (TPSA) is 83.1 Å². The number of nitrogens with one attached hydrogen (secondary N) is 3. The summed E-state index contributed by atoms with van der Waals surface area (Å²) < 4.78 is 0. The normalized spacial score (nSPS) is 14.6. The number of nitrogens with zero attached hydrogens (tertiary/aromatic N) is 1. The second-order valence-electron chi connectivity index (χ2n) is 7.12. The van der Waals surface area contributed by atoms with E-state index < -0.39 is 0 Å². The summed E-state index contributed by atoms with van der Waals surface area (Å²) in [4.78, 5) is 28.7. The maximum absolute atomic E-state index is 12.3. The lowest BCUT2D eigenvalue weighted by atomic mass is 9.96. The summed E-state index contributed by atoms with van der Waals surface area (Å²) in [6, 6.07) is 5.94. The van der Waals surface area contributed by atoms with Crippen LogP contribution in [0.25, 0.3) is 0 Å². The molecule has 1 heterocycles. The molecular formula is C20H26N4O2S. The highest BCUT2D eigenvalue weighted by Gasteiger charge is 2.16. The van der Waals surface area contributed by atoms with Crippen LogP contribution in [0.2, 0.25) is 0 Å². The SMILES string of the molecule is Cc1ccc(NC(=O)Cc2csc(NC(=O)NC3CCCCC3)n2)c(C)c1. The van der Waals surface area contributed by atoms with Crippen LogP contribution in [0, 0.1) is 13.8 Å². The quantitative estimate of drug-likeness (QED) is 0.712. The first kappa shape index (κ1) is 19.4. The smallest absolute Gasteiger partial charge is 0.321 e. The van der Waals surface area contributed by atoms with Crippen LogP contribution < -0.4 is 16.0 Å². The zero-order valence-corrected chi connectivity index (χ0v) is 16.6. The lowest BCUT2D eigenvalue weighted by Gasteiger charge is -2.22. The van der Waals surface area contributed by atoms with Crippen molar-refractivity contribution in [3.05, 3.63) is 40.4 Å². The van der Waals surface area contributed by atoms with Crippen molar-refractivity contribution in [2.45, 2.75) is 58.4 Å². The number of aromatic nitrogens is 1. The van der Waals surface area contributed by atoms with Gasteiger partial charge in [0.25, 0.3) is 0 Å². The summed E-state index contributed by atoms with van der Waals surface area (Å²) in [5, 5.41) is 11.0. The third kappa shape index (κ3) is 5.79. The summed E-state index contributed by atoms with van der Waals surface area (Å²) in [6.07, 6.45) is 5.84. The summed E-state index contributed by atoms with van der Waals surface area (Å²) in [5.41, 5.74) is 3.65. The predicted molar refractivity (Wildman–Crippen MR) is 109 cm³/mol. The maximum Gasteiger partial charge on any atom is 0.321 e. The van der Waals surface area contributed by atoms with Gasteiger partial charge >= 0.3 is 6.03 Å². The van der Waals surface area contributed by atoms with E-state index in [0.717, 1.165) is 29.7 Å². The largest absolute Gasteiger partial charge is 0.335 e. The number of amides is 3. The van der Waals surface area contributed by atoms with Crippen molar-refractivity contribution < 1.29 is 9.59 Å². The average molecular weight is 387 g/mol. The Morgan fingerprint density at radius 3 is 2.67 bits per heavy atom. The first-order valence-corrected chi connectivity index (χ1v) is 10.3. The van der Waals surface area contributed by atoms with Crippen molar-refractivity contribution in [3.8, 4) is 0 Å². The van der Waals surface area contributed by atoms with E-state index in [2.05, 4.69) is 20.9 Å². The molecule has 0 bridgehead atoms. The lowest BCUT2D eigenvalue weighted by Crippen LogP contribution is -2.39. The van der Waals surface area contributed by atoms with Crippen molar-refractivity contribution in [2.75, 3.05) is 10.6 Å². The monoisotopic (exact) mass is 386 g/mol. The number of benzene rings is 1. The van der Waals surface area contributed by atoms with Crippen molar-refractivity contribution >= 4 is 34.1 Å². The van der Waals surface area contributed by atoms with Gasteiger partial charge in [0.05, 0.1) is 12.1 Å². The molecular weight excluding hydrogens is 360 g/mol. The van der Waals surface area contributed by atoms with Crippen LogP contribution in [-0.2, 0) is 11.2 Å². The number of carbonyl (C=O) groups excluding carboxylic acids is 2. The van der Waals surface area contributed by atoms with Crippen LogP contribution in [0.3, 0.4) is 0 Å². The Hall–Kier alpha value is -2.41. The van der Waals surface area contributed by atoms with E-state index >= 15 is 0 Å². The molecule has 0 atom stereocenters. The Morgan fingerprint density at radius 2 is 1.93 bits per heavy atom. The minimum atomic E-state index is -0.220. The molecule has 3 rings (SSSR count). The van der Waals surface area contributed by atoms with Gasteiger partial charge < -0.3 is 10.6 Å². The molecule has 1 aliphatic carbocycles. The number of aryl methyl sites for hydroxylation is 2. The highest BCUT2D eigenvalue weighted by atomic mass is 32.1. The van der Waals surface area contributed by atoms with E-state index in [9.17, 15) is 9.59 Å². The fourth-order valence-electron chi connectivity index (χ4n) is 3.32. The Balaban J connectivity index is 1.49. The van der Waals surface area contributed by atoms with Crippen molar-refractivity contribution in [2.24, 2.45) is 0 Å². The number of rotatable bonds is 5. The van der Waals surface area contributed by atoms with Crippen molar-refractivity contribution in [3.63, 3.8) is 0 Å². The summed E-state index contributed by atoms with van der Waals surface area (Å²) in [7, 11) is 0. The molecule has 3 N–H and O–H groups in total. The van der Waals surface area contributed by atoms with E-state index in [1.807, 2.05) is 32.0 Å². The molecule has 0 unspecified atom stereocenters. The number of urea groups is 1. The average Bonchev–Trinajstić information content (AvgIpc) is 3.05. The molecule has 2 aromatic rings. The highest BCUT2D eigenvalue weighted by Crippen LogP contribution is 2.20. The van der Waals surface area contributed by atoms with E-state index in [4.69, 9.17) is 0 Å². The molecule has 144 valence electrons. The molecule has 6 nitrogen and oxygen atoms in total. The van der Waals surface area contributed by atoms with Gasteiger partial charge in [-0.05, 0) is 38.3 Å². The fraction of sp³-hybridized carbons (Fsp3) is 0.450. The van der Waals surface area contributed by atoms with E-state index in [1.54, 1.807) is 5.38 Å². The second kappa shape index (κ2) is 8.99. The van der Waals surface area contributed by atoms with Gasteiger partial charge in [-0.15, -0.1) is 11.3 Å². The van der Waals surface area contributed by atoms with Crippen LogP contribution in [0.1, 0.15) is 48.9 Å². The van der Waals surface area contributed by atoms with Gasteiger partial charge in [0.1, 0.15) is 0 Å². The van der Waals surface area contributed by atoms with Gasteiger partial charge in [0.2, 0.25) is 5.91 Å². The number of hydrogen-bond acceptors (Lipinski definition) is 4. The zero-order chi connectivity index (χ0) is 19.2. The number of thiazole rings is 1.